The van der Waals surface area contributed by atoms with Crippen molar-refractivity contribution in [2.75, 3.05) is 13.1 Å². The Labute approximate surface area is 187 Å². The predicted octanol–water partition coefficient (Wildman–Crippen LogP) is 6.42. The third-order valence-corrected chi connectivity index (χ3v) is 6.00. The number of hydrogen-bond acceptors (Lipinski definition) is 2. The lowest BCUT2D eigenvalue weighted by Crippen LogP contribution is -2.35. The van der Waals surface area contributed by atoms with Gasteiger partial charge in [-0.3, -0.25) is 13.9 Å². The molecule has 2 aromatic heterocycles. The zero-order valence-electron chi connectivity index (χ0n) is 16.2. The minimum Gasteiger partial charge on any atom is -0.289 e. The molecule has 2 heterocycles. The van der Waals surface area contributed by atoms with Crippen molar-refractivity contribution >= 4 is 40.6 Å². The highest BCUT2D eigenvalue weighted by molar-refractivity contribution is 6.36. The summed E-state index contributed by atoms with van der Waals surface area (Å²) in [5.74, 6) is 0.844. The molecule has 0 amide bonds. The molecule has 1 aliphatic carbocycles. The van der Waals surface area contributed by atoms with Crippen LogP contribution in [-0.4, -0.2) is 38.1 Å². The first-order chi connectivity index (χ1) is 14.2. The molecule has 30 heavy (non-hydrogen) atoms. The molecule has 0 radical (unpaired) electrons. The van der Waals surface area contributed by atoms with E-state index in [9.17, 15) is 13.2 Å². The molecule has 1 saturated carbocycles. The first-order valence-electron chi connectivity index (χ1n) is 9.68. The molecular weight excluding hydrogens is 460 g/mol. The van der Waals surface area contributed by atoms with Gasteiger partial charge in [-0.05, 0) is 43.4 Å². The van der Waals surface area contributed by atoms with Crippen LogP contribution in [0.5, 0.6) is 0 Å². The molecule has 0 N–H and O–H groups in total. The van der Waals surface area contributed by atoms with E-state index in [4.69, 9.17) is 34.8 Å². The SMILES string of the molecule is CCc1nc2n(-c3ccc(Cl)cc3Cl)c(Cl)cn2c1CN(CC1CC1)CC(F)(F)F. The van der Waals surface area contributed by atoms with Gasteiger partial charge in [0.05, 0.1) is 28.6 Å². The van der Waals surface area contributed by atoms with Crippen LogP contribution >= 0.6 is 34.8 Å². The van der Waals surface area contributed by atoms with Crippen LogP contribution < -0.4 is 0 Å². The Balaban J connectivity index is 1.76. The van der Waals surface area contributed by atoms with E-state index in [1.54, 1.807) is 33.4 Å². The maximum Gasteiger partial charge on any atom is 0.401 e. The molecule has 0 saturated heterocycles. The fraction of sp³-hybridized carbons (Fsp3) is 0.450. The Hall–Kier alpha value is -1.41. The number of aryl methyl sites for hydroxylation is 1. The van der Waals surface area contributed by atoms with E-state index in [0.717, 1.165) is 18.5 Å². The van der Waals surface area contributed by atoms with Gasteiger partial charge in [-0.25, -0.2) is 4.98 Å². The molecule has 0 aliphatic heterocycles. The lowest BCUT2D eigenvalue weighted by Gasteiger charge is -2.23. The molecule has 1 aromatic carbocycles. The lowest BCUT2D eigenvalue weighted by atomic mass is 10.2. The Kier molecular flexibility index (Phi) is 6.01. The fourth-order valence-corrected chi connectivity index (χ4v) is 4.46. The van der Waals surface area contributed by atoms with E-state index in [1.165, 1.54) is 4.90 Å². The number of imidazole rings is 2. The van der Waals surface area contributed by atoms with E-state index in [-0.39, 0.29) is 6.54 Å². The molecule has 0 spiro atoms. The Morgan fingerprint density at radius 2 is 1.93 bits per heavy atom. The van der Waals surface area contributed by atoms with Crippen molar-refractivity contribution in [2.45, 2.75) is 38.9 Å². The number of nitrogens with zero attached hydrogens (tertiary/aromatic N) is 4. The highest BCUT2D eigenvalue weighted by Crippen LogP contribution is 2.33. The number of halogens is 6. The van der Waals surface area contributed by atoms with Crippen molar-refractivity contribution in [2.24, 2.45) is 5.92 Å². The van der Waals surface area contributed by atoms with Crippen LogP contribution in [0.4, 0.5) is 13.2 Å². The third kappa shape index (κ3) is 4.59. The molecule has 10 heteroatoms. The monoisotopic (exact) mass is 478 g/mol. The molecule has 0 bridgehead atoms. The number of aromatic nitrogens is 3. The van der Waals surface area contributed by atoms with Gasteiger partial charge in [0.2, 0.25) is 5.78 Å². The molecule has 4 nitrogen and oxygen atoms in total. The minimum atomic E-state index is -4.26. The van der Waals surface area contributed by atoms with Gasteiger partial charge in [-0.15, -0.1) is 0 Å². The predicted molar refractivity (Wildman–Crippen MR) is 113 cm³/mol. The van der Waals surface area contributed by atoms with E-state index < -0.39 is 12.7 Å². The maximum atomic E-state index is 13.2. The standard InChI is InChI=1S/C20H20Cl3F3N4/c1-2-15-17(9-28(8-12-3-4-12)11-20(24,25)26)29-10-18(23)30(19(29)27-15)16-6-5-13(21)7-14(16)22/h5-7,10,12H,2-4,8-9,11H2,1H3. The first kappa shape index (κ1) is 21.8. The van der Waals surface area contributed by atoms with Crippen molar-refractivity contribution in [1.29, 1.82) is 0 Å². The summed E-state index contributed by atoms with van der Waals surface area (Å²) in [6.45, 7) is 1.56. The van der Waals surface area contributed by atoms with Crippen molar-refractivity contribution in [1.82, 2.24) is 18.9 Å². The average molecular weight is 480 g/mol. The summed E-state index contributed by atoms with van der Waals surface area (Å²) in [5, 5.41) is 1.25. The van der Waals surface area contributed by atoms with E-state index in [0.29, 0.717) is 51.2 Å². The number of rotatable bonds is 7. The smallest absolute Gasteiger partial charge is 0.289 e. The van der Waals surface area contributed by atoms with Crippen molar-refractivity contribution < 1.29 is 13.2 Å². The summed E-state index contributed by atoms with van der Waals surface area (Å²) in [6.07, 6.45) is -0.0356. The lowest BCUT2D eigenvalue weighted by molar-refractivity contribution is -0.147. The van der Waals surface area contributed by atoms with Crippen LogP contribution in [0.25, 0.3) is 11.5 Å². The Morgan fingerprint density at radius 1 is 1.20 bits per heavy atom. The maximum absolute atomic E-state index is 13.2. The fourth-order valence-electron chi connectivity index (χ4n) is 3.70. The van der Waals surface area contributed by atoms with Gasteiger partial charge in [-0.2, -0.15) is 13.2 Å². The van der Waals surface area contributed by atoms with Gasteiger partial charge < -0.3 is 0 Å². The van der Waals surface area contributed by atoms with Gasteiger partial charge in [0.25, 0.3) is 0 Å². The molecule has 0 atom stereocenters. The molecular formula is C20H20Cl3F3N4. The van der Waals surface area contributed by atoms with Gasteiger partial charge in [-0.1, -0.05) is 41.7 Å². The molecule has 3 aromatic rings. The van der Waals surface area contributed by atoms with Gasteiger partial charge >= 0.3 is 6.18 Å². The van der Waals surface area contributed by atoms with Crippen LogP contribution in [0.3, 0.4) is 0 Å². The molecule has 4 rings (SSSR count). The van der Waals surface area contributed by atoms with E-state index in [2.05, 4.69) is 4.98 Å². The quantitative estimate of drug-likeness (QED) is 0.391. The summed E-state index contributed by atoms with van der Waals surface area (Å²) in [7, 11) is 0. The largest absolute Gasteiger partial charge is 0.401 e. The third-order valence-electron chi connectivity index (χ3n) is 5.20. The molecule has 1 fully saturated rings. The van der Waals surface area contributed by atoms with E-state index >= 15 is 0 Å². The van der Waals surface area contributed by atoms with Crippen LogP contribution in [-0.2, 0) is 13.0 Å². The van der Waals surface area contributed by atoms with Crippen LogP contribution in [0.15, 0.2) is 24.4 Å². The number of alkyl halides is 3. The number of fused-ring (bicyclic) bond motifs is 1. The Morgan fingerprint density at radius 3 is 2.53 bits per heavy atom. The molecule has 1 aliphatic rings. The Bertz CT molecular complexity index is 1070. The summed E-state index contributed by atoms with van der Waals surface area (Å²) in [4.78, 5) is 6.14. The molecule has 0 unspecified atom stereocenters. The van der Waals surface area contributed by atoms with Gasteiger partial charge in [0.1, 0.15) is 5.15 Å². The van der Waals surface area contributed by atoms with Crippen LogP contribution in [0.2, 0.25) is 15.2 Å². The average Bonchev–Trinajstić information content (AvgIpc) is 3.31. The summed E-state index contributed by atoms with van der Waals surface area (Å²) >= 11 is 18.8. The summed E-state index contributed by atoms with van der Waals surface area (Å²) < 4.78 is 42.9. The second kappa shape index (κ2) is 8.26. The topological polar surface area (TPSA) is 25.5 Å². The first-order valence-corrected chi connectivity index (χ1v) is 10.8. The summed E-state index contributed by atoms with van der Waals surface area (Å²) in [6, 6.07) is 5.04. The molecule has 162 valence electrons. The number of hydrogen-bond donors (Lipinski definition) is 0. The minimum absolute atomic E-state index is 0.148. The second-order valence-electron chi connectivity index (χ2n) is 7.64. The zero-order chi connectivity index (χ0) is 21.6. The van der Waals surface area contributed by atoms with Gasteiger partial charge in [0.15, 0.2) is 0 Å². The second-order valence-corrected chi connectivity index (χ2v) is 8.87. The number of benzene rings is 1. The van der Waals surface area contributed by atoms with Crippen LogP contribution in [0.1, 0.15) is 31.2 Å². The van der Waals surface area contributed by atoms with Crippen molar-refractivity contribution in [3.8, 4) is 5.69 Å². The van der Waals surface area contributed by atoms with Crippen molar-refractivity contribution in [3.63, 3.8) is 0 Å². The highest BCUT2D eigenvalue weighted by atomic mass is 35.5. The van der Waals surface area contributed by atoms with Crippen molar-refractivity contribution in [3.05, 3.63) is 51.0 Å². The van der Waals surface area contributed by atoms with Crippen LogP contribution in [0, 0.1) is 5.92 Å². The zero-order valence-corrected chi connectivity index (χ0v) is 18.5. The van der Waals surface area contributed by atoms with Gasteiger partial charge in [0, 0.05) is 24.3 Å². The van der Waals surface area contributed by atoms with E-state index in [1.807, 2.05) is 6.92 Å². The highest BCUT2D eigenvalue weighted by Gasteiger charge is 2.34. The summed E-state index contributed by atoms with van der Waals surface area (Å²) in [5.41, 5.74) is 2.05. The normalized spacial score (nSPS) is 14.9.